The summed E-state index contributed by atoms with van der Waals surface area (Å²) in [6, 6.07) is 10.4. The van der Waals surface area contributed by atoms with Crippen LogP contribution in [0.3, 0.4) is 0 Å². The van der Waals surface area contributed by atoms with Crippen molar-refractivity contribution in [2.75, 3.05) is 13.1 Å². The molecule has 1 aliphatic carbocycles. The first-order chi connectivity index (χ1) is 14.1. The molecule has 29 heavy (non-hydrogen) atoms. The highest BCUT2D eigenvalue weighted by Crippen LogP contribution is 2.38. The average Bonchev–Trinajstić information content (AvgIpc) is 3.51. The van der Waals surface area contributed by atoms with E-state index >= 15 is 0 Å². The number of benzene rings is 1. The number of nitrogens with zero attached hydrogens (tertiary/aromatic N) is 4. The van der Waals surface area contributed by atoms with Crippen molar-refractivity contribution in [2.24, 2.45) is 0 Å². The van der Waals surface area contributed by atoms with Gasteiger partial charge in [-0.3, -0.25) is 9.59 Å². The molecule has 0 spiro atoms. The van der Waals surface area contributed by atoms with Crippen LogP contribution in [0.1, 0.15) is 62.1 Å². The summed E-state index contributed by atoms with van der Waals surface area (Å²) in [6.07, 6.45) is 4.02. The number of rotatable bonds is 4. The highest BCUT2D eigenvalue weighted by Gasteiger charge is 2.32. The van der Waals surface area contributed by atoms with Gasteiger partial charge in [-0.05, 0) is 50.8 Å². The van der Waals surface area contributed by atoms with Gasteiger partial charge in [-0.2, -0.15) is 5.10 Å². The molecule has 5 rings (SSSR count). The minimum Gasteiger partial charge on any atom is -0.440 e. The molecule has 3 heterocycles. The molecule has 1 saturated heterocycles. The van der Waals surface area contributed by atoms with Crippen molar-refractivity contribution in [3.63, 3.8) is 0 Å². The molecule has 2 unspecified atom stereocenters. The lowest BCUT2D eigenvalue weighted by Gasteiger charge is -2.33. The number of piperidine rings is 1. The quantitative estimate of drug-likeness (QED) is 0.681. The molecular weight excluding hydrogens is 368 g/mol. The van der Waals surface area contributed by atoms with E-state index in [9.17, 15) is 9.59 Å². The molecule has 1 amide bonds. The van der Waals surface area contributed by atoms with Crippen molar-refractivity contribution in [3.8, 4) is 0 Å². The van der Waals surface area contributed by atoms with E-state index in [-0.39, 0.29) is 17.4 Å². The number of carbonyl (C=O) groups excluding carboxylic acids is 1. The van der Waals surface area contributed by atoms with Gasteiger partial charge in [0.25, 0.3) is 5.56 Å². The summed E-state index contributed by atoms with van der Waals surface area (Å²) in [6.45, 7) is 2.99. The van der Waals surface area contributed by atoms with Gasteiger partial charge in [-0.1, -0.05) is 12.1 Å². The Balaban J connectivity index is 1.35. The predicted octanol–water partition coefficient (Wildman–Crippen LogP) is 3.23. The van der Waals surface area contributed by atoms with Crippen LogP contribution in [0.4, 0.5) is 0 Å². The molecule has 1 saturated carbocycles. The topological polar surface area (TPSA) is 81.2 Å². The summed E-state index contributed by atoms with van der Waals surface area (Å²) in [4.78, 5) is 31.9. The van der Waals surface area contributed by atoms with Gasteiger partial charge in [0.05, 0.1) is 11.6 Å². The van der Waals surface area contributed by atoms with E-state index in [0.717, 1.165) is 42.5 Å². The molecule has 150 valence electrons. The molecular formula is C22H24N4O3. The molecule has 0 radical (unpaired) electrons. The van der Waals surface area contributed by atoms with Crippen LogP contribution in [0.15, 0.2) is 45.6 Å². The van der Waals surface area contributed by atoms with E-state index < -0.39 is 6.04 Å². The molecule has 2 aromatic heterocycles. The summed E-state index contributed by atoms with van der Waals surface area (Å²) in [5.41, 5.74) is 2.29. The van der Waals surface area contributed by atoms with Crippen LogP contribution in [-0.4, -0.2) is 38.7 Å². The fourth-order valence-corrected chi connectivity index (χ4v) is 4.13. The van der Waals surface area contributed by atoms with Gasteiger partial charge in [-0.15, -0.1) is 0 Å². The fourth-order valence-electron chi connectivity index (χ4n) is 4.13. The molecule has 3 aromatic rings. The minimum atomic E-state index is -0.622. The van der Waals surface area contributed by atoms with Crippen molar-refractivity contribution in [1.82, 2.24) is 19.7 Å². The Morgan fingerprint density at radius 1 is 1.14 bits per heavy atom. The molecule has 2 fully saturated rings. The van der Waals surface area contributed by atoms with Crippen molar-refractivity contribution < 1.29 is 9.21 Å². The molecule has 1 aromatic carbocycles. The number of fused-ring (bicyclic) bond motifs is 1. The van der Waals surface area contributed by atoms with Crippen LogP contribution in [0, 0.1) is 0 Å². The Morgan fingerprint density at radius 2 is 1.97 bits per heavy atom. The van der Waals surface area contributed by atoms with Gasteiger partial charge in [-0.25, -0.2) is 9.67 Å². The van der Waals surface area contributed by atoms with E-state index in [4.69, 9.17) is 4.42 Å². The summed E-state index contributed by atoms with van der Waals surface area (Å²) in [7, 11) is 0. The van der Waals surface area contributed by atoms with Crippen molar-refractivity contribution in [1.29, 1.82) is 0 Å². The second-order valence-electron chi connectivity index (χ2n) is 8.13. The summed E-state index contributed by atoms with van der Waals surface area (Å²) in [5, 5.41) is 4.48. The van der Waals surface area contributed by atoms with E-state index in [0.29, 0.717) is 24.9 Å². The van der Waals surface area contributed by atoms with Gasteiger partial charge in [0.1, 0.15) is 11.6 Å². The second-order valence-corrected chi connectivity index (χ2v) is 8.13. The molecule has 2 aliphatic rings. The smallest absolute Gasteiger partial charge is 0.267 e. The molecule has 7 nitrogen and oxygen atoms in total. The highest BCUT2D eigenvalue weighted by atomic mass is 16.3. The second kappa shape index (κ2) is 7.13. The number of oxazole rings is 1. The number of carbonyl (C=O) groups is 1. The van der Waals surface area contributed by atoms with Crippen LogP contribution < -0.4 is 5.56 Å². The standard InChI is InChI=1S/C22H24N4O3/c1-14(26-20(27)11-10-17(24-26)15-8-9-15)22(28)25-12-4-5-16(13-25)21-23-18-6-2-3-7-19(18)29-21/h2-3,6-7,10-11,14-16H,4-5,8-9,12-13H2,1H3. The van der Waals surface area contributed by atoms with E-state index in [1.165, 1.54) is 10.7 Å². The van der Waals surface area contributed by atoms with E-state index in [2.05, 4.69) is 10.1 Å². The van der Waals surface area contributed by atoms with Crippen LogP contribution >= 0.6 is 0 Å². The number of amides is 1. The number of para-hydroxylation sites is 2. The zero-order valence-corrected chi connectivity index (χ0v) is 16.5. The van der Waals surface area contributed by atoms with Crippen LogP contribution in [0.25, 0.3) is 11.1 Å². The normalized spacial score (nSPS) is 20.7. The number of hydrogen-bond donors (Lipinski definition) is 0. The monoisotopic (exact) mass is 392 g/mol. The Labute approximate surface area is 168 Å². The highest BCUT2D eigenvalue weighted by molar-refractivity contribution is 5.80. The number of likely N-dealkylation sites (tertiary alicyclic amines) is 1. The summed E-state index contributed by atoms with van der Waals surface area (Å²) in [5.74, 6) is 1.10. The third-order valence-electron chi connectivity index (χ3n) is 5.96. The lowest BCUT2D eigenvalue weighted by molar-refractivity contribution is -0.136. The molecule has 7 heteroatoms. The number of aromatic nitrogens is 3. The molecule has 1 aliphatic heterocycles. The van der Waals surface area contributed by atoms with Gasteiger partial charge in [0.15, 0.2) is 11.5 Å². The third kappa shape index (κ3) is 3.45. The van der Waals surface area contributed by atoms with Gasteiger partial charge in [0.2, 0.25) is 5.91 Å². The van der Waals surface area contributed by atoms with Crippen molar-refractivity contribution in [2.45, 2.75) is 50.5 Å². The molecule has 0 N–H and O–H groups in total. The zero-order chi connectivity index (χ0) is 20.0. The fraction of sp³-hybridized carbons (Fsp3) is 0.455. The van der Waals surface area contributed by atoms with Gasteiger partial charge >= 0.3 is 0 Å². The van der Waals surface area contributed by atoms with Crippen molar-refractivity contribution >= 4 is 17.0 Å². The Hall–Kier alpha value is -2.96. The van der Waals surface area contributed by atoms with Gasteiger partial charge < -0.3 is 9.32 Å². The van der Waals surface area contributed by atoms with Crippen LogP contribution in [0.2, 0.25) is 0 Å². The third-order valence-corrected chi connectivity index (χ3v) is 5.96. The lowest BCUT2D eigenvalue weighted by Crippen LogP contribution is -2.44. The Kier molecular flexibility index (Phi) is 4.45. The Morgan fingerprint density at radius 3 is 2.76 bits per heavy atom. The van der Waals surface area contributed by atoms with Crippen molar-refractivity contribution in [3.05, 3.63) is 58.3 Å². The van der Waals surface area contributed by atoms with Gasteiger partial charge in [0, 0.05) is 25.1 Å². The lowest BCUT2D eigenvalue weighted by atomic mass is 9.97. The minimum absolute atomic E-state index is 0.0646. The largest absolute Gasteiger partial charge is 0.440 e. The SMILES string of the molecule is CC(C(=O)N1CCCC(c2nc3ccccc3o2)C1)n1nc(C2CC2)ccc1=O. The Bertz CT molecular complexity index is 1080. The summed E-state index contributed by atoms with van der Waals surface area (Å²) >= 11 is 0. The van der Waals surface area contributed by atoms with Crippen LogP contribution in [-0.2, 0) is 4.79 Å². The maximum atomic E-state index is 13.2. The number of hydrogen-bond acceptors (Lipinski definition) is 5. The van der Waals surface area contributed by atoms with E-state index in [1.54, 1.807) is 13.0 Å². The maximum Gasteiger partial charge on any atom is 0.267 e. The maximum absolute atomic E-state index is 13.2. The first-order valence-electron chi connectivity index (χ1n) is 10.3. The predicted molar refractivity (Wildman–Crippen MR) is 108 cm³/mol. The first-order valence-corrected chi connectivity index (χ1v) is 10.3. The van der Waals surface area contributed by atoms with E-state index in [1.807, 2.05) is 29.2 Å². The molecule has 0 bridgehead atoms. The average molecular weight is 392 g/mol. The zero-order valence-electron chi connectivity index (χ0n) is 16.5. The first kappa shape index (κ1) is 18.1. The van der Waals surface area contributed by atoms with Crippen LogP contribution in [0.5, 0.6) is 0 Å². The summed E-state index contributed by atoms with van der Waals surface area (Å²) < 4.78 is 7.28. The molecule has 2 atom stereocenters.